The molecule has 118 valence electrons. The van der Waals surface area contributed by atoms with Crippen LogP contribution < -0.4 is 0 Å². The van der Waals surface area contributed by atoms with Crippen LogP contribution in [0.1, 0.15) is 20.8 Å². The van der Waals surface area contributed by atoms with Crippen molar-refractivity contribution >= 4 is 12.1 Å². The molecule has 1 amide bonds. The zero-order chi connectivity index (χ0) is 16.2. The molecule has 9 nitrogen and oxygen atoms in total. The normalized spacial score (nSPS) is 23.9. The summed E-state index contributed by atoms with van der Waals surface area (Å²) in [6.45, 7) is 5.90. The maximum atomic E-state index is 11.9. The van der Waals surface area contributed by atoms with Crippen molar-refractivity contribution < 1.29 is 24.2 Å². The van der Waals surface area contributed by atoms with Gasteiger partial charge in [0, 0.05) is 11.5 Å². The molecular weight excluding hydrogens is 280 g/mol. The van der Waals surface area contributed by atoms with Gasteiger partial charge in [-0.25, -0.2) is 4.79 Å². The Morgan fingerprint density at radius 1 is 1.52 bits per heavy atom. The molecular formula is C12H20N4O5. The molecule has 1 saturated heterocycles. The maximum absolute atomic E-state index is 11.9. The van der Waals surface area contributed by atoms with E-state index in [0.717, 1.165) is 12.0 Å². The summed E-state index contributed by atoms with van der Waals surface area (Å²) >= 11 is 0. The first-order valence-corrected chi connectivity index (χ1v) is 6.47. The number of carbonyl (C=O) groups is 2. The average molecular weight is 300 g/mol. The molecule has 1 fully saturated rings. The van der Waals surface area contributed by atoms with Crippen LogP contribution in [0.3, 0.4) is 0 Å². The van der Waals surface area contributed by atoms with Crippen LogP contribution in [0.25, 0.3) is 10.4 Å². The minimum Gasteiger partial charge on any atom is -0.469 e. The summed E-state index contributed by atoms with van der Waals surface area (Å²) in [6, 6.07) is -2.22. The quantitative estimate of drug-likeness (QED) is 0.367. The number of methoxy groups -OCH3 is 1. The molecule has 3 atom stereocenters. The Labute approximate surface area is 122 Å². The van der Waals surface area contributed by atoms with E-state index in [9.17, 15) is 14.7 Å². The summed E-state index contributed by atoms with van der Waals surface area (Å²) in [5.41, 5.74) is 8.22. The Kier molecular flexibility index (Phi) is 5.40. The number of hydrogen-bond acceptors (Lipinski definition) is 5. The molecule has 9 heteroatoms. The predicted molar refractivity (Wildman–Crippen MR) is 72.7 cm³/mol. The fraction of sp³-hybridized carbons (Fsp3) is 0.833. The minimum absolute atomic E-state index is 0.0982. The molecule has 0 saturated carbocycles. The van der Waals surface area contributed by atoms with Crippen molar-refractivity contribution in [2.24, 2.45) is 10.5 Å². The van der Waals surface area contributed by atoms with Gasteiger partial charge in [0.2, 0.25) is 0 Å². The van der Waals surface area contributed by atoms with Crippen molar-refractivity contribution in [3.8, 4) is 0 Å². The first-order chi connectivity index (χ1) is 9.73. The van der Waals surface area contributed by atoms with E-state index in [0.29, 0.717) is 0 Å². The molecule has 0 aromatic heterocycles. The highest BCUT2D eigenvalue weighted by Gasteiger charge is 2.48. The van der Waals surface area contributed by atoms with Crippen LogP contribution in [0.2, 0.25) is 0 Å². The first kappa shape index (κ1) is 17.1. The summed E-state index contributed by atoms with van der Waals surface area (Å²) < 4.78 is 10.3. The van der Waals surface area contributed by atoms with Gasteiger partial charge in [0.25, 0.3) is 0 Å². The molecule has 0 aromatic carbocycles. The Morgan fingerprint density at radius 3 is 2.57 bits per heavy atom. The number of nitrogens with zero attached hydrogens (tertiary/aromatic N) is 4. The van der Waals surface area contributed by atoms with Gasteiger partial charge >= 0.3 is 12.1 Å². The predicted octanol–water partition coefficient (Wildman–Crippen LogP) is 1.63. The molecule has 0 bridgehead atoms. The van der Waals surface area contributed by atoms with Gasteiger partial charge in [-0.05, 0) is 10.9 Å². The van der Waals surface area contributed by atoms with Gasteiger partial charge in [-0.2, -0.15) is 0 Å². The van der Waals surface area contributed by atoms with Gasteiger partial charge < -0.3 is 14.6 Å². The SMILES string of the molecule is COC(=O)C(N=[N+]=[N-])C1[C@H](C(C)(C)C)OCCN1C(=O)O. The number of ether oxygens (including phenoxy) is 2. The van der Waals surface area contributed by atoms with Crippen LogP contribution in [0.15, 0.2) is 5.11 Å². The average Bonchev–Trinajstić information content (AvgIpc) is 2.42. The lowest BCUT2D eigenvalue weighted by Gasteiger charge is -2.46. The van der Waals surface area contributed by atoms with Crippen LogP contribution in [-0.2, 0) is 14.3 Å². The summed E-state index contributed by atoms with van der Waals surface area (Å²) in [6.07, 6.45) is -1.79. The molecule has 1 rings (SSSR count). The van der Waals surface area contributed by atoms with Crippen molar-refractivity contribution in [3.05, 3.63) is 10.4 Å². The molecule has 21 heavy (non-hydrogen) atoms. The number of hydrogen-bond donors (Lipinski definition) is 1. The topological polar surface area (TPSA) is 125 Å². The van der Waals surface area contributed by atoms with Gasteiger partial charge in [0.1, 0.15) is 0 Å². The summed E-state index contributed by atoms with van der Waals surface area (Å²) in [7, 11) is 1.16. The van der Waals surface area contributed by atoms with Gasteiger partial charge in [0.15, 0.2) is 6.04 Å². The number of carboxylic acid groups (broad SMARTS) is 1. The zero-order valence-corrected chi connectivity index (χ0v) is 12.5. The summed E-state index contributed by atoms with van der Waals surface area (Å²) in [5, 5.41) is 12.8. The second kappa shape index (κ2) is 6.64. The molecule has 0 spiro atoms. The molecule has 1 aliphatic rings. The maximum Gasteiger partial charge on any atom is 0.407 e. The Balaban J connectivity index is 3.30. The Morgan fingerprint density at radius 2 is 2.14 bits per heavy atom. The third kappa shape index (κ3) is 3.77. The van der Waals surface area contributed by atoms with Crippen LogP contribution in [-0.4, -0.2) is 60.5 Å². The van der Waals surface area contributed by atoms with Gasteiger partial charge in [-0.1, -0.05) is 25.9 Å². The lowest BCUT2D eigenvalue weighted by atomic mass is 9.80. The smallest absolute Gasteiger partial charge is 0.407 e. The molecule has 0 aliphatic carbocycles. The van der Waals surface area contributed by atoms with E-state index >= 15 is 0 Å². The van der Waals surface area contributed by atoms with Crippen LogP contribution in [0, 0.1) is 5.41 Å². The van der Waals surface area contributed by atoms with Gasteiger partial charge in [0.05, 0.1) is 25.9 Å². The fourth-order valence-corrected chi connectivity index (χ4v) is 2.44. The fourth-order valence-electron chi connectivity index (χ4n) is 2.44. The first-order valence-electron chi connectivity index (χ1n) is 6.47. The molecule has 1 N–H and O–H groups in total. The lowest BCUT2D eigenvalue weighted by Crippen LogP contribution is -2.63. The molecule has 1 heterocycles. The van der Waals surface area contributed by atoms with Crippen molar-refractivity contribution in [1.82, 2.24) is 4.90 Å². The van der Waals surface area contributed by atoms with Gasteiger partial charge in [-0.3, -0.25) is 9.69 Å². The van der Waals surface area contributed by atoms with E-state index < -0.39 is 35.7 Å². The third-order valence-corrected chi connectivity index (χ3v) is 3.34. The van der Waals surface area contributed by atoms with Gasteiger partial charge in [-0.15, -0.1) is 0 Å². The van der Waals surface area contributed by atoms with Crippen molar-refractivity contribution in [2.75, 3.05) is 20.3 Å². The third-order valence-electron chi connectivity index (χ3n) is 3.34. The van der Waals surface area contributed by atoms with Crippen molar-refractivity contribution in [3.63, 3.8) is 0 Å². The van der Waals surface area contributed by atoms with E-state index in [4.69, 9.17) is 10.3 Å². The van der Waals surface area contributed by atoms with E-state index in [1.54, 1.807) is 0 Å². The minimum atomic E-state index is -1.29. The highest BCUT2D eigenvalue weighted by atomic mass is 16.5. The number of amides is 1. The Bertz CT molecular complexity index is 455. The highest BCUT2D eigenvalue weighted by molar-refractivity contribution is 5.78. The van der Waals surface area contributed by atoms with Crippen LogP contribution >= 0.6 is 0 Å². The molecule has 2 unspecified atom stereocenters. The number of azide groups is 1. The largest absolute Gasteiger partial charge is 0.469 e. The Hall–Kier alpha value is -1.99. The van der Waals surface area contributed by atoms with Crippen LogP contribution in [0.5, 0.6) is 0 Å². The molecule has 0 radical (unpaired) electrons. The number of rotatable bonds is 3. The van der Waals surface area contributed by atoms with Crippen molar-refractivity contribution in [1.29, 1.82) is 0 Å². The molecule has 0 aromatic rings. The number of esters is 1. The summed E-state index contributed by atoms with van der Waals surface area (Å²) in [5.74, 6) is -0.788. The highest BCUT2D eigenvalue weighted by Crippen LogP contribution is 2.33. The van der Waals surface area contributed by atoms with E-state index in [1.807, 2.05) is 20.8 Å². The zero-order valence-electron chi connectivity index (χ0n) is 12.5. The molecule has 1 aliphatic heterocycles. The van der Waals surface area contributed by atoms with Crippen molar-refractivity contribution in [2.45, 2.75) is 39.0 Å². The second-order valence-corrected chi connectivity index (χ2v) is 5.80. The van der Waals surface area contributed by atoms with Crippen LogP contribution in [0.4, 0.5) is 4.79 Å². The lowest BCUT2D eigenvalue weighted by molar-refractivity contribution is -0.153. The van der Waals surface area contributed by atoms with E-state index in [1.165, 1.54) is 0 Å². The number of carbonyl (C=O) groups excluding carboxylic acids is 1. The van der Waals surface area contributed by atoms with E-state index in [2.05, 4.69) is 14.8 Å². The van der Waals surface area contributed by atoms with E-state index in [-0.39, 0.29) is 13.2 Å². The monoisotopic (exact) mass is 300 g/mol. The standard InChI is InChI=1S/C12H20N4O5/c1-12(2,3)9-8(7(14-15-13)10(17)20-4)16(11(18)19)5-6-21-9/h7-9H,5-6H2,1-4H3,(H,18,19)/t7?,8?,9-/m1/s1. The number of morpholine rings is 1. The second-order valence-electron chi connectivity index (χ2n) is 5.80. The summed E-state index contributed by atoms with van der Waals surface area (Å²) in [4.78, 5) is 27.0.